The van der Waals surface area contributed by atoms with Gasteiger partial charge in [0.25, 0.3) is 5.56 Å². The van der Waals surface area contributed by atoms with Crippen LogP contribution in [0.3, 0.4) is 0 Å². The standard InChI is InChI=1S/C22H17FN2O4.C8H18N2O2.C2H6/c1-9-10-3-2-4-11-13-7-25-17(19(13)24-16(18(10)11)6-15(9)23)5-12-14(21(25)27)8-29-22(28)20(12)26;1-7(2)12-5-4-10(3)6-8(9)11;1-2/h5-6,20,26H,2-4,7-8H2,1H3;7H,4-6H2,1-3H3,(H2,9,11);1-2H3. The Bertz CT molecular complexity index is 1620. The van der Waals surface area contributed by atoms with E-state index in [1.165, 1.54) is 6.07 Å². The first-order valence-corrected chi connectivity index (χ1v) is 14.8. The number of benzene rings is 1. The van der Waals surface area contributed by atoms with Gasteiger partial charge in [-0.05, 0) is 69.8 Å². The van der Waals surface area contributed by atoms with E-state index in [9.17, 15) is 23.9 Å². The van der Waals surface area contributed by atoms with Crippen LogP contribution in [-0.4, -0.2) is 64.3 Å². The highest BCUT2D eigenvalue weighted by molar-refractivity contribution is 5.92. The molecular weight excluding hydrogens is 555 g/mol. The van der Waals surface area contributed by atoms with E-state index in [2.05, 4.69) is 0 Å². The normalized spacial score (nSPS) is 16.0. The molecule has 1 aliphatic carbocycles. The Kier molecular flexibility index (Phi) is 9.99. The first kappa shape index (κ1) is 32.2. The van der Waals surface area contributed by atoms with E-state index in [4.69, 9.17) is 20.2 Å². The van der Waals surface area contributed by atoms with E-state index in [1.807, 2.05) is 39.6 Å². The molecule has 3 N–H and O–H groups in total. The molecule has 11 heteroatoms. The quantitative estimate of drug-likeness (QED) is 0.324. The first-order valence-electron chi connectivity index (χ1n) is 14.8. The van der Waals surface area contributed by atoms with Crippen LogP contribution >= 0.6 is 0 Å². The summed E-state index contributed by atoms with van der Waals surface area (Å²) in [6, 6.07) is 3.13. The van der Waals surface area contributed by atoms with Crippen molar-refractivity contribution in [1.29, 1.82) is 0 Å². The summed E-state index contributed by atoms with van der Waals surface area (Å²) in [5, 5.41) is 11.2. The second kappa shape index (κ2) is 13.3. The minimum Gasteiger partial charge on any atom is -0.458 e. The number of aryl methyl sites for hydroxylation is 2. The van der Waals surface area contributed by atoms with Crippen LogP contribution in [-0.2, 0) is 45.1 Å². The van der Waals surface area contributed by atoms with Gasteiger partial charge in [0.15, 0.2) is 6.10 Å². The summed E-state index contributed by atoms with van der Waals surface area (Å²) in [5.74, 6) is -1.34. The van der Waals surface area contributed by atoms with Gasteiger partial charge in [0.1, 0.15) is 12.4 Å². The van der Waals surface area contributed by atoms with Crippen molar-refractivity contribution in [1.82, 2.24) is 14.5 Å². The average Bonchev–Trinajstić information content (AvgIpc) is 3.34. The number of nitrogens with zero attached hydrogens (tertiary/aromatic N) is 3. The lowest BCUT2D eigenvalue weighted by Crippen LogP contribution is -2.33. The van der Waals surface area contributed by atoms with Crippen molar-refractivity contribution in [3.63, 3.8) is 0 Å². The number of aromatic nitrogens is 2. The van der Waals surface area contributed by atoms with Gasteiger partial charge in [-0.2, -0.15) is 0 Å². The average molecular weight is 597 g/mol. The lowest BCUT2D eigenvalue weighted by molar-refractivity contribution is -0.157. The summed E-state index contributed by atoms with van der Waals surface area (Å²) in [6.45, 7) is 11.7. The number of halogens is 1. The number of pyridine rings is 2. The van der Waals surface area contributed by atoms with Gasteiger partial charge in [-0.1, -0.05) is 13.8 Å². The largest absolute Gasteiger partial charge is 0.458 e. The SMILES string of the molecule is CC.CC(C)OCCN(C)CC(N)=O.Cc1c(F)cc2nc3c(c4c2c1CCC4)Cn1c-3cc2c(c1=O)COC(=O)C2O. The number of fused-ring (bicyclic) bond motifs is 5. The molecule has 3 aliphatic rings. The lowest BCUT2D eigenvalue weighted by atomic mass is 9.85. The number of cyclic esters (lactones) is 1. The first-order chi connectivity index (χ1) is 20.5. The fourth-order valence-electron chi connectivity index (χ4n) is 5.85. The molecule has 1 amide bonds. The zero-order valence-corrected chi connectivity index (χ0v) is 25.8. The van der Waals surface area contributed by atoms with E-state index < -0.39 is 12.1 Å². The summed E-state index contributed by atoms with van der Waals surface area (Å²) < 4.78 is 26.4. The van der Waals surface area contributed by atoms with Crippen molar-refractivity contribution in [2.45, 2.75) is 79.2 Å². The predicted molar refractivity (Wildman–Crippen MR) is 161 cm³/mol. The predicted octanol–water partition coefficient (Wildman–Crippen LogP) is 3.31. The third kappa shape index (κ3) is 6.34. The molecule has 43 heavy (non-hydrogen) atoms. The molecule has 2 aromatic heterocycles. The summed E-state index contributed by atoms with van der Waals surface area (Å²) >= 11 is 0. The maximum absolute atomic E-state index is 14.5. The number of esters is 1. The van der Waals surface area contributed by atoms with E-state index in [-0.39, 0.29) is 35.6 Å². The summed E-state index contributed by atoms with van der Waals surface area (Å²) in [6.07, 6.45) is 1.36. The number of rotatable bonds is 6. The molecule has 0 saturated heterocycles. The van der Waals surface area contributed by atoms with Crippen LogP contribution in [0.2, 0.25) is 0 Å². The van der Waals surface area contributed by atoms with E-state index in [0.717, 1.165) is 47.9 Å². The number of hydrogen-bond acceptors (Lipinski definition) is 8. The molecule has 0 saturated carbocycles. The van der Waals surface area contributed by atoms with E-state index >= 15 is 0 Å². The molecule has 0 fully saturated rings. The van der Waals surface area contributed by atoms with Crippen LogP contribution < -0.4 is 11.3 Å². The number of primary amides is 1. The highest BCUT2D eigenvalue weighted by atomic mass is 19.1. The van der Waals surface area contributed by atoms with Crippen LogP contribution in [0.15, 0.2) is 16.9 Å². The smallest absolute Gasteiger partial charge is 0.340 e. The van der Waals surface area contributed by atoms with Crippen molar-refractivity contribution in [3.05, 3.63) is 61.7 Å². The van der Waals surface area contributed by atoms with Gasteiger partial charge in [0.05, 0.1) is 48.3 Å². The molecule has 0 radical (unpaired) electrons. The molecule has 1 atom stereocenters. The summed E-state index contributed by atoms with van der Waals surface area (Å²) in [5.41, 5.74) is 10.9. The van der Waals surface area contributed by atoms with Crippen molar-refractivity contribution in [3.8, 4) is 11.4 Å². The second-order valence-electron chi connectivity index (χ2n) is 11.1. The Balaban J connectivity index is 0.000000258. The zero-order valence-electron chi connectivity index (χ0n) is 25.8. The second-order valence-corrected chi connectivity index (χ2v) is 11.1. The van der Waals surface area contributed by atoms with Gasteiger partial charge in [-0.15, -0.1) is 0 Å². The lowest BCUT2D eigenvalue weighted by Gasteiger charge is -2.22. The highest BCUT2D eigenvalue weighted by Crippen LogP contribution is 2.41. The minimum atomic E-state index is -1.48. The topological polar surface area (TPSA) is 137 Å². The van der Waals surface area contributed by atoms with Gasteiger partial charge >= 0.3 is 5.97 Å². The number of carbonyl (C=O) groups is 2. The number of aliphatic hydroxyl groups is 1. The van der Waals surface area contributed by atoms with Crippen LogP contribution in [0.25, 0.3) is 22.3 Å². The van der Waals surface area contributed by atoms with E-state index in [1.54, 1.807) is 17.6 Å². The fourth-order valence-corrected chi connectivity index (χ4v) is 5.85. The molecule has 6 rings (SSSR count). The number of hydrogen-bond donors (Lipinski definition) is 2. The Morgan fingerprint density at radius 2 is 1.91 bits per heavy atom. The maximum atomic E-state index is 14.5. The van der Waals surface area contributed by atoms with Gasteiger partial charge < -0.3 is 24.9 Å². The Morgan fingerprint density at radius 1 is 1.21 bits per heavy atom. The minimum absolute atomic E-state index is 0.141. The van der Waals surface area contributed by atoms with Crippen molar-refractivity contribution in [2.75, 3.05) is 26.7 Å². The van der Waals surface area contributed by atoms with Crippen LogP contribution in [0.4, 0.5) is 4.39 Å². The number of aliphatic hydroxyl groups excluding tert-OH is 1. The van der Waals surface area contributed by atoms with Crippen LogP contribution in [0, 0.1) is 12.7 Å². The van der Waals surface area contributed by atoms with Gasteiger partial charge in [0.2, 0.25) is 5.91 Å². The number of carbonyl (C=O) groups excluding carboxylic acids is 2. The summed E-state index contributed by atoms with van der Waals surface area (Å²) in [7, 11) is 1.84. The van der Waals surface area contributed by atoms with Crippen molar-refractivity contribution >= 4 is 22.8 Å². The van der Waals surface area contributed by atoms with Gasteiger partial charge in [-0.25, -0.2) is 14.2 Å². The Labute approximate surface area is 250 Å². The van der Waals surface area contributed by atoms with Crippen molar-refractivity contribution in [2.24, 2.45) is 5.73 Å². The summed E-state index contributed by atoms with van der Waals surface area (Å²) in [4.78, 5) is 41.9. The number of nitrogens with two attached hydrogens (primary N) is 1. The monoisotopic (exact) mass is 596 g/mol. The van der Waals surface area contributed by atoms with E-state index in [0.29, 0.717) is 47.7 Å². The molecule has 0 spiro atoms. The molecule has 4 heterocycles. The van der Waals surface area contributed by atoms with Crippen LogP contribution in [0.1, 0.15) is 73.6 Å². The van der Waals surface area contributed by atoms with Gasteiger partial charge in [0, 0.05) is 29.1 Å². The number of ether oxygens (including phenoxy) is 2. The molecule has 232 valence electrons. The highest BCUT2D eigenvalue weighted by Gasteiger charge is 2.35. The molecule has 1 aromatic carbocycles. The molecule has 3 aromatic rings. The zero-order chi connectivity index (χ0) is 31.6. The van der Waals surface area contributed by atoms with Gasteiger partial charge in [-0.3, -0.25) is 14.5 Å². The molecular formula is C32H41FN4O6. The third-order valence-electron chi connectivity index (χ3n) is 7.89. The van der Waals surface area contributed by atoms with Crippen molar-refractivity contribution < 1.29 is 28.6 Å². The third-order valence-corrected chi connectivity index (χ3v) is 7.89. The molecule has 1 unspecified atom stereocenters. The number of amides is 1. The Hall–Kier alpha value is -3.67. The van der Waals surface area contributed by atoms with Crippen LogP contribution in [0.5, 0.6) is 0 Å². The number of likely N-dealkylation sites (N-methyl/N-ethyl adjacent to an activating group) is 1. The fraction of sp³-hybridized carbons (Fsp3) is 0.500. The maximum Gasteiger partial charge on any atom is 0.340 e. The molecule has 0 bridgehead atoms. The Morgan fingerprint density at radius 3 is 2.58 bits per heavy atom. The molecule has 10 nitrogen and oxygen atoms in total. The molecule has 2 aliphatic heterocycles.